The highest BCUT2D eigenvalue weighted by atomic mass is 35.5. The third-order valence-corrected chi connectivity index (χ3v) is 10.8. The first-order valence-corrected chi connectivity index (χ1v) is 14.8. The molecule has 2 aromatic carbocycles. The number of hydrogen-bond acceptors (Lipinski definition) is 6. The maximum absolute atomic E-state index is 14.0. The number of hydrogen-bond donors (Lipinski definition) is 4. The number of halogens is 4. The monoisotopic (exact) mass is 580 g/mol. The maximum Gasteiger partial charge on any atom is 0.210 e. The Morgan fingerprint density at radius 1 is 0.686 bits per heavy atom. The zero-order valence-corrected chi connectivity index (χ0v) is 22.7. The van der Waals surface area contributed by atoms with Crippen molar-refractivity contribution in [1.29, 1.82) is 0 Å². The molecular formula is C24H28Cl4N2O4S. The van der Waals surface area contributed by atoms with Gasteiger partial charge in [0.1, 0.15) is 0 Å². The highest BCUT2D eigenvalue weighted by Crippen LogP contribution is 2.48. The second kappa shape index (κ2) is 11.2. The third kappa shape index (κ3) is 5.11. The Morgan fingerprint density at radius 3 is 1.40 bits per heavy atom. The van der Waals surface area contributed by atoms with E-state index in [0.29, 0.717) is 21.2 Å². The predicted octanol–water partition coefficient (Wildman–Crippen LogP) is 7.96. The summed E-state index contributed by atoms with van der Waals surface area (Å²) in [5.41, 5.74) is 5.08. The molecule has 0 bridgehead atoms. The van der Waals surface area contributed by atoms with Crippen LogP contribution in [0.1, 0.15) is 74.3 Å². The maximum atomic E-state index is 14.0. The third-order valence-electron chi connectivity index (χ3n) is 7.22. The van der Waals surface area contributed by atoms with Gasteiger partial charge in [0.25, 0.3) is 0 Å². The molecule has 11 heteroatoms. The van der Waals surface area contributed by atoms with Crippen LogP contribution in [0.5, 0.6) is 0 Å². The van der Waals surface area contributed by atoms with Crippen LogP contribution in [0.2, 0.25) is 10.0 Å². The fourth-order valence-corrected chi connectivity index (χ4v) is 8.48. The van der Waals surface area contributed by atoms with E-state index in [9.17, 15) is 18.8 Å². The molecule has 2 fully saturated rings. The molecule has 35 heavy (non-hydrogen) atoms. The average Bonchev–Trinajstić information content (AvgIpc) is 2.84. The molecule has 2 aromatic rings. The van der Waals surface area contributed by atoms with Crippen molar-refractivity contribution in [2.75, 3.05) is 11.0 Å². The van der Waals surface area contributed by atoms with E-state index in [1.807, 2.05) is 0 Å². The Morgan fingerprint density at radius 2 is 1.06 bits per heavy atom. The molecular weight excluding hydrogens is 554 g/mol. The summed E-state index contributed by atoms with van der Waals surface area (Å²) in [4.78, 5) is -0.352. The molecule has 4 atom stereocenters. The van der Waals surface area contributed by atoms with E-state index in [4.69, 9.17) is 46.4 Å². The van der Waals surface area contributed by atoms with E-state index in [2.05, 4.69) is 11.0 Å². The molecule has 192 valence electrons. The lowest BCUT2D eigenvalue weighted by Gasteiger charge is -2.31. The van der Waals surface area contributed by atoms with Crippen LogP contribution in [-0.2, 0) is 9.84 Å². The fraction of sp³-hybridized carbons (Fsp3) is 0.500. The van der Waals surface area contributed by atoms with Crippen LogP contribution in [0.3, 0.4) is 0 Å². The van der Waals surface area contributed by atoms with Gasteiger partial charge in [-0.15, -0.1) is 23.2 Å². The summed E-state index contributed by atoms with van der Waals surface area (Å²) in [6.45, 7) is 0. The van der Waals surface area contributed by atoms with Gasteiger partial charge in [-0.3, -0.25) is 21.4 Å². The summed E-state index contributed by atoms with van der Waals surface area (Å²) < 4.78 is 28.0. The molecule has 2 saturated carbocycles. The van der Waals surface area contributed by atoms with Gasteiger partial charge in [-0.25, -0.2) is 8.42 Å². The highest BCUT2D eigenvalue weighted by Gasteiger charge is 2.36. The molecule has 0 saturated heterocycles. The van der Waals surface area contributed by atoms with Gasteiger partial charge in [-0.1, -0.05) is 48.9 Å². The van der Waals surface area contributed by atoms with Crippen molar-refractivity contribution < 1.29 is 18.8 Å². The van der Waals surface area contributed by atoms with Gasteiger partial charge in [0, 0.05) is 43.8 Å². The Bertz CT molecular complexity index is 1110. The molecule has 0 radical (unpaired) electrons. The first-order chi connectivity index (χ1) is 16.7. The number of nitrogens with one attached hydrogen (secondary N) is 2. The molecule has 4 unspecified atom stereocenters. The topological polar surface area (TPSA) is 98.7 Å². The van der Waals surface area contributed by atoms with Gasteiger partial charge >= 0.3 is 0 Å². The minimum atomic E-state index is -4.26. The Balaban J connectivity index is 1.89. The minimum absolute atomic E-state index is 0.0108. The van der Waals surface area contributed by atoms with E-state index in [1.165, 1.54) is 24.3 Å². The zero-order valence-electron chi connectivity index (χ0n) is 18.9. The van der Waals surface area contributed by atoms with Gasteiger partial charge in [0.05, 0.1) is 21.2 Å². The number of benzene rings is 2. The zero-order chi connectivity index (χ0) is 25.3. The Labute approximate surface area is 225 Å². The van der Waals surface area contributed by atoms with E-state index in [0.717, 1.165) is 51.4 Å². The fourth-order valence-electron chi connectivity index (χ4n) is 5.49. The summed E-state index contributed by atoms with van der Waals surface area (Å²) in [7, 11) is -4.26. The summed E-state index contributed by atoms with van der Waals surface area (Å²) in [5, 5.41) is 20.4. The summed E-state index contributed by atoms with van der Waals surface area (Å²) >= 11 is 26.2. The summed E-state index contributed by atoms with van der Waals surface area (Å²) in [6, 6.07) is 5.68. The highest BCUT2D eigenvalue weighted by molar-refractivity contribution is 7.91. The lowest BCUT2D eigenvalue weighted by molar-refractivity contribution is 0.381. The van der Waals surface area contributed by atoms with Gasteiger partial charge in [-0.2, -0.15) is 0 Å². The van der Waals surface area contributed by atoms with Crippen LogP contribution >= 0.6 is 46.4 Å². The van der Waals surface area contributed by atoms with Crippen molar-refractivity contribution in [3.05, 3.63) is 45.4 Å². The number of rotatable bonds is 6. The minimum Gasteiger partial charge on any atom is -0.291 e. The van der Waals surface area contributed by atoms with E-state index < -0.39 is 9.84 Å². The molecule has 2 aliphatic carbocycles. The van der Waals surface area contributed by atoms with Crippen LogP contribution in [0, 0.1) is 0 Å². The molecule has 4 N–H and O–H groups in total. The predicted molar refractivity (Wildman–Crippen MR) is 141 cm³/mol. The van der Waals surface area contributed by atoms with Crippen LogP contribution in [0.4, 0.5) is 11.4 Å². The Kier molecular flexibility index (Phi) is 8.69. The van der Waals surface area contributed by atoms with E-state index in [1.54, 1.807) is 0 Å². The van der Waals surface area contributed by atoms with Crippen LogP contribution in [0.15, 0.2) is 34.1 Å². The van der Waals surface area contributed by atoms with Gasteiger partial charge in [-0.05, 0) is 49.9 Å². The van der Waals surface area contributed by atoms with Crippen LogP contribution < -0.4 is 11.0 Å². The van der Waals surface area contributed by atoms with Gasteiger partial charge in [0.15, 0.2) is 0 Å². The standard InChI is InChI=1S/C24H28Cl4N2O4S/c25-15-7-3-1-5-13(15)21-17(27)9-11-19(23(21)29-31)35(33,34)20-12-10-18(28)22(24(20)30-32)14-6-2-4-8-16(14)26/h9-16,29-32H,1-8H2. The van der Waals surface area contributed by atoms with Crippen molar-refractivity contribution in [2.45, 2.75) is 83.7 Å². The number of alkyl halides is 2. The van der Waals surface area contributed by atoms with Crippen molar-refractivity contribution in [3.63, 3.8) is 0 Å². The molecule has 2 aliphatic rings. The quantitative estimate of drug-likeness (QED) is 0.204. The van der Waals surface area contributed by atoms with Crippen LogP contribution in [-0.4, -0.2) is 29.6 Å². The van der Waals surface area contributed by atoms with Gasteiger partial charge in [0.2, 0.25) is 9.84 Å². The summed E-state index contributed by atoms with van der Waals surface area (Å²) in [5.74, 6) is -0.448. The second-order valence-corrected chi connectivity index (χ2v) is 13.0. The van der Waals surface area contributed by atoms with E-state index >= 15 is 0 Å². The van der Waals surface area contributed by atoms with Crippen molar-refractivity contribution in [3.8, 4) is 0 Å². The molecule has 0 heterocycles. The largest absolute Gasteiger partial charge is 0.291 e. The second-order valence-electron chi connectivity index (χ2n) is 9.21. The molecule has 0 amide bonds. The molecule has 0 aromatic heterocycles. The first kappa shape index (κ1) is 27.1. The molecule has 6 nitrogen and oxygen atoms in total. The lowest BCUT2D eigenvalue weighted by atomic mass is 9.83. The van der Waals surface area contributed by atoms with E-state index in [-0.39, 0.29) is 43.8 Å². The van der Waals surface area contributed by atoms with Gasteiger partial charge < -0.3 is 0 Å². The molecule has 0 aliphatic heterocycles. The molecule has 4 rings (SSSR count). The normalized spacial score (nSPS) is 25.3. The number of sulfone groups is 1. The SMILES string of the molecule is O=S(=O)(c1ccc(Cl)c(C2CCCCC2Cl)c1NO)c1ccc(Cl)c(C2CCCCC2Cl)c1NO. The average molecular weight is 582 g/mol. The first-order valence-electron chi connectivity index (χ1n) is 11.7. The van der Waals surface area contributed by atoms with Crippen molar-refractivity contribution in [1.82, 2.24) is 0 Å². The number of anilines is 2. The van der Waals surface area contributed by atoms with Crippen LogP contribution in [0.25, 0.3) is 0 Å². The Hall–Kier alpha value is -0.930. The lowest BCUT2D eigenvalue weighted by Crippen LogP contribution is -2.22. The molecule has 0 spiro atoms. The summed E-state index contributed by atoms with van der Waals surface area (Å²) in [6.07, 6.45) is 6.78. The smallest absolute Gasteiger partial charge is 0.210 e. The van der Waals surface area contributed by atoms with Crippen molar-refractivity contribution in [2.24, 2.45) is 0 Å². The van der Waals surface area contributed by atoms with Crippen molar-refractivity contribution >= 4 is 67.6 Å².